The van der Waals surface area contributed by atoms with Crippen LogP contribution in [0.5, 0.6) is 0 Å². The lowest BCUT2D eigenvalue weighted by atomic mass is 9.49. The van der Waals surface area contributed by atoms with Crippen LogP contribution in [0.2, 0.25) is 5.02 Å². The van der Waals surface area contributed by atoms with Crippen LogP contribution in [0.1, 0.15) is 42.2 Å². The number of aryl methyl sites for hydroxylation is 1. The molecule has 8 rings (SSSR count). The molecule has 2 aromatic rings. The highest BCUT2D eigenvalue weighted by Crippen LogP contribution is 2.70. The summed E-state index contributed by atoms with van der Waals surface area (Å²) in [5, 5.41) is 0.734. The molecule has 2 bridgehead atoms. The summed E-state index contributed by atoms with van der Waals surface area (Å²) in [5.41, 5.74) is 6.52. The lowest BCUT2D eigenvalue weighted by Crippen LogP contribution is -2.61. The Labute approximate surface area is 240 Å². The Morgan fingerprint density at radius 3 is 2.65 bits per heavy atom. The van der Waals surface area contributed by atoms with E-state index in [1.807, 2.05) is 17.0 Å². The number of carbonyl (C=O) groups excluding carboxylic acids is 1. The maximum absolute atomic E-state index is 14.5. The minimum absolute atomic E-state index is 0.0353. The fourth-order valence-electron chi connectivity index (χ4n) is 8.99. The van der Waals surface area contributed by atoms with Gasteiger partial charge in [-0.2, -0.15) is 0 Å². The van der Waals surface area contributed by atoms with Gasteiger partial charge in [0, 0.05) is 73.6 Å². The molecule has 0 radical (unpaired) electrons. The van der Waals surface area contributed by atoms with Gasteiger partial charge in [0.05, 0.1) is 5.69 Å². The molecule has 7 nitrogen and oxygen atoms in total. The first-order valence-corrected chi connectivity index (χ1v) is 15.1. The van der Waals surface area contributed by atoms with Gasteiger partial charge in [0.2, 0.25) is 5.60 Å². The molecule has 6 aliphatic rings. The number of aromatic nitrogens is 1. The predicted octanol–water partition coefficient (Wildman–Crippen LogP) is 4.63. The fourth-order valence-corrected chi connectivity index (χ4v) is 9.12. The Bertz CT molecular complexity index is 1450. The molecule has 1 N–H and O–H groups in total. The number of H-pyrrole nitrogens is 1. The van der Waals surface area contributed by atoms with Crippen molar-refractivity contribution in [2.45, 2.75) is 50.4 Å². The van der Waals surface area contributed by atoms with Crippen molar-refractivity contribution in [3.63, 3.8) is 0 Å². The first-order chi connectivity index (χ1) is 19.4. The lowest BCUT2D eigenvalue weighted by Gasteiger charge is -2.59. The van der Waals surface area contributed by atoms with E-state index in [9.17, 15) is 4.79 Å². The van der Waals surface area contributed by atoms with Gasteiger partial charge < -0.3 is 29.2 Å². The predicted molar refractivity (Wildman–Crippen MR) is 154 cm³/mol. The molecule has 3 aliphatic carbocycles. The second-order valence-corrected chi connectivity index (χ2v) is 13.1. The zero-order valence-electron chi connectivity index (χ0n) is 23.5. The maximum atomic E-state index is 14.5. The number of piperazine rings is 1. The second kappa shape index (κ2) is 8.63. The van der Waals surface area contributed by atoms with Crippen LogP contribution in [-0.4, -0.2) is 79.2 Å². The molecule has 40 heavy (non-hydrogen) atoms. The first kappa shape index (κ1) is 25.0. The number of rotatable bonds is 3. The van der Waals surface area contributed by atoms with E-state index in [1.54, 1.807) is 7.11 Å². The molecule has 1 aromatic heterocycles. The number of amides is 1. The summed E-state index contributed by atoms with van der Waals surface area (Å²) < 4.78 is 13.4. The number of fused-ring (bicyclic) bond motifs is 2. The van der Waals surface area contributed by atoms with Crippen molar-refractivity contribution in [2.75, 3.05) is 51.8 Å². The zero-order chi connectivity index (χ0) is 27.4. The van der Waals surface area contributed by atoms with E-state index in [4.69, 9.17) is 21.1 Å². The largest absolute Gasteiger partial charge is 0.484 e. The Kier molecular flexibility index (Phi) is 5.40. The van der Waals surface area contributed by atoms with Crippen molar-refractivity contribution in [3.05, 3.63) is 75.3 Å². The number of hydrogen-bond acceptors (Lipinski definition) is 5. The first-order valence-electron chi connectivity index (χ1n) is 14.7. The summed E-state index contributed by atoms with van der Waals surface area (Å²) in [7, 11) is 3.98. The number of hydrogen-bond donors (Lipinski definition) is 1. The van der Waals surface area contributed by atoms with Gasteiger partial charge in [-0.25, -0.2) is 0 Å². The molecule has 5 unspecified atom stereocenters. The van der Waals surface area contributed by atoms with Gasteiger partial charge in [-0.15, -0.1) is 0 Å². The number of nitrogens with one attached hydrogen (secondary N) is 1. The van der Waals surface area contributed by atoms with Crippen molar-refractivity contribution in [1.82, 2.24) is 14.8 Å². The van der Waals surface area contributed by atoms with Crippen LogP contribution < -0.4 is 4.90 Å². The van der Waals surface area contributed by atoms with Gasteiger partial charge in [0.25, 0.3) is 5.91 Å². The zero-order valence-corrected chi connectivity index (χ0v) is 24.3. The summed E-state index contributed by atoms with van der Waals surface area (Å²) in [5.74, 6) is 1.30. The minimum atomic E-state index is -1.12. The summed E-state index contributed by atoms with van der Waals surface area (Å²) >= 11 is 6.10. The molecule has 1 spiro atoms. The minimum Gasteiger partial charge on any atom is -0.484 e. The van der Waals surface area contributed by atoms with E-state index >= 15 is 0 Å². The average molecular weight is 561 g/mol. The van der Waals surface area contributed by atoms with Crippen LogP contribution in [0.3, 0.4) is 0 Å². The molecule has 1 amide bonds. The summed E-state index contributed by atoms with van der Waals surface area (Å²) in [6, 6.07) is 8.44. The average Bonchev–Trinajstić information content (AvgIpc) is 3.52. The fraction of sp³-hybridized carbons (Fsp3) is 0.531. The van der Waals surface area contributed by atoms with Crippen molar-refractivity contribution in [2.24, 2.45) is 11.3 Å². The Morgan fingerprint density at radius 1 is 1.12 bits per heavy atom. The molecular weight excluding hydrogens is 524 g/mol. The van der Waals surface area contributed by atoms with E-state index in [0.717, 1.165) is 55.4 Å². The molecule has 2 saturated heterocycles. The van der Waals surface area contributed by atoms with Crippen LogP contribution in [0.4, 0.5) is 5.69 Å². The van der Waals surface area contributed by atoms with E-state index in [1.165, 1.54) is 28.0 Å². The number of methoxy groups -OCH3 is 1. The number of halogens is 1. The maximum Gasteiger partial charge on any atom is 0.263 e. The van der Waals surface area contributed by atoms with Crippen LogP contribution in [0, 0.1) is 18.3 Å². The van der Waals surface area contributed by atoms with Crippen LogP contribution >= 0.6 is 11.6 Å². The number of aromatic amines is 1. The van der Waals surface area contributed by atoms with E-state index < -0.39 is 5.60 Å². The van der Waals surface area contributed by atoms with Gasteiger partial charge in [0.15, 0.2) is 0 Å². The van der Waals surface area contributed by atoms with Crippen molar-refractivity contribution in [3.8, 4) is 0 Å². The highest BCUT2D eigenvalue weighted by atomic mass is 35.5. The quantitative estimate of drug-likeness (QED) is 0.593. The number of anilines is 1. The number of piperidine rings is 1. The summed E-state index contributed by atoms with van der Waals surface area (Å²) in [6.45, 7) is 6.09. The second-order valence-electron chi connectivity index (χ2n) is 12.6. The third-order valence-corrected chi connectivity index (χ3v) is 11.4. The smallest absolute Gasteiger partial charge is 0.263 e. The Hall–Kier alpha value is -2.74. The molecule has 8 heteroatoms. The highest BCUT2D eigenvalue weighted by Gasteiger charge is 2.69. The molecule has 1 saturated carbocycles. The Morgan fingerprint density at radius 2 is 1.90 bits per heavy atom. The molecule has 5 atom stereocenters. The summed E-state index contributed by atoms with van der Waals surface area (Å²) in [4.78, 5) is 25.0. The van der Waals surface area contributed by atoms with Gasteiger partial charge in [-0.1, -0.05) is 17.7 Å². The Balaban J connectivity index is 1.16. The van der Waals surface area contributed by atoms with Crippen LogP contribution in [0.25, 0.3) is 0 Å². The molecule has 3 aliphatic heterocycles. The topological polar surface area (TPSA) is 61.0 Å². The number of carbonyl (C=O) groups is 1. The van der Waals surface area contributed by atoms with Gasteiger partial charge >= 0.3 is 0 Å². The van der Waals surface area contributed by atoms with E-state index in [0.29, 0.717) is 31.5 Å². The van der Waals surface area contributed by atoms with Crippen molar-refractivity contribution < 1.29 is 14.3 Å². The molecule has 210 valence electrons. The van der Waals surface area contributed by atoms with Crippen LogP contribution in [0.15, 0.2) is 53.4 Å². The molecule has 3 fully saturated rings. The monoisotopic (exact) mass is 560 g/mol. The molecule has 4 heterocycles. The summed E-state index contributed by atoms with van der Waals surface area (Å²) in [6.07, 6.45) is 8.00. The third-order valence-electron chi connectivity index (χ3n) is 11.1. The number of ether oxygens (including phenoxy) is 2. The van der Waals surface area contributed by atoms with E-state index in [2.05, 4.69) is 53.2 Å². The molecular formula is C32H37ClN4O3. The highest BCUT2D eigenvalue weighted by molar-refractivity contribution is 6.30. The van der Waals surface area contributed by atoms with Gasteiger partial charge in [-0.3, -0.25) is 4.79 Å². The standard InChI is InChI=1S/C32H37ClN4O3/c1-19-18-34-27-23(19)17-24-25-16-20-8-9-32(39-3,28-26(20)31(24,29(27)40-28)10-11-35(25)2)30(38)37-14-12-36(13-15-37)22-6-4-21(33)5-7-22/h4-8,18,24-25,29,34H,9-17H2,1-3H3. The SMILES string of the molecule is COC1(C(=O)N2CCN(c3ccc(Cl)cc3)CC2)CC=C2CC3C4Cc5c(C)c[nH]c5C5OC1=C2C54CCN3C. The van der Waals surface area contributed by atoms with E-state index in [-0.39, 0.29) is 17.4 Å². The molecule has 1 aromatic carbocycles. The normalized spacial score (nSPS) is 34.3. The number of benzene rings is 1. The van der Waals surface area contributed by atoms with Crippen molar-refractivity contribution in [1.29, 1.82) is 0 Å². The van der Waals surface area contributed by atoms with Gasteiger partial charge in [-0.05, 0) is 86.7 Å². The lowest BCUT2D eigenvalue weighted by molar-refractivity contribution is -0.157. The van der Waals surface area contributed by atoms with Gasteiger partial charge in [0.1, 0.15) is 11.9 Å². The third kappa shape index (κ3) is 3.12. The number of likely N-dealkylation sites (tertiary alicyclic amines) is 1. The van der Waals surface area contributed by atoms with Crippen LogP contribution in [-0.2, 0) is 20.7 Å². The number of nitrogens with zero attached hydrogens (tertiary/aromatic N) is 3. The van der Waals surface area contributed by atoms with Crippen molar-refractivity contribution >= 4 is 23.2 Å².